The summed E-state index contributed by atoms with van der Waals surface area (Å²) in [7, 11) is 1.40. The first-order chi connectivity index (χ1) is 12.2. The van der Waals surface area contributed by atoms with Crippen LogP contribution in [0.5, 0.6) is 5.75 Å². The number of ether oxygens (including phenoxy) is 1. The molecule has 0 unspecified atom stereocenters. The number of aromatic nitrogens is 2. The van der Waals surface area contributed by atoms with Crippen LogP contribution in [0.1, 0.15) is 5.69 Å². The Hall–Kier alpha value is -1.75. The van der Waals surface area contributed by atoms with Crippen molar-refractivity contribution in [1.82, 2.24) is 9.78 Å². The van der Waals surface area contributed by atoms with E-state index in [0.717, 1.165) is 16.4 Å². The molecule has 0 bridgehead atoms. The molecule has 3 N–H and O–H groups in total. The number of rotatable bonds is 3. The Morgan fingerprint density at radius 1 is 1.23 bits per heavy atom. The van der Waals surface area contributed by atoms with Gasteiger partial charge < -0.3 is 20.1 Å². The van der Waals surface area contributed by atoms with Crippen molar-refractivity contribution >= 4 is 11.8 Å². The summed E-state index contributed by atoms with van der Waals surface area (Å²) in [5, 5.41) is 32.7. The lowest BCUT2D eigenvalue weighted by Gasteiger charge is -2.34. The molecule has 1 saturated heterocycles. The average Bonchev–Trinajstić information content (AvgIpc) is 2.98. The standard InChI is InChI=1S/C16H17F3N2O4S/c1-21-6-10(14(20-21)16(17,18)19)8-3-2-4-9(5-8)25-15-13(24)12(23)11(22)7-26-15/h2-6,11-13,15,22-24H,7H2,1H3/t11-,12+,13-,15-/m1/s1. The fourth-order valence-electron chi connectivity index (χ4n) is 2.66. The van der Waals surface area contributed by atoms with Crippen LogP contribution in [0, 0.1) is 0 Å². The van der Waals surface area contributed by atoms with Crippen LogP contribution < -0.4 is 4.74 Å². The molecule has 6 nitrogen and oxygen atoms in total. The van der Waals surface area contributed by atoms with E-state index in [2.05, 4.69) is 5.10 Å². The summed E-state index contributed by atoms with van der Waals surface area (Å²) in [6, 6.07) is 5.99. The minimum Gasteiger partial charge on any atom is -0.477 e. The Morgan fingerprint density at radius 3 is 2.65 bits per heavy atom. The normalized spacial score (nSPS) is 26.7. The maximum Gasteiger partial charge on any atom is 0.435 e. The number of thioether (sulfide) groups is 1. The van der Waals surface area contributed by atoms with E-state index in [0.29, 0.717) is 0 Å². The number of alkyl halides is 3. The zero-order valence-corrected chi connectivity index (χ0v) is 14.4. The first-order valence-electron chi connectivity index (χ1n) is 7.70. The molecule has 26 heavy (non-hydrogen) atoms. The molecule has 0 spiro atoms. The van der Waals surface area contributed by atoms with Crippen molar-refractivity contribution < 1.29 is 33.2 Å². The SMILES string of the molecule is Cn1cc(-c2cccc(O[C@@H]3SC[C@@H](O)[C@H](O)[C@H]3O)c2)c(C(F)(F)F)n1. The smallest absolute Gasteiger partial charge is 0.435 e. The molecule has 2 heterocycles. The van der Waals surface area contributed by atoms with Gasteiger partial charge in [0.2, 0.25) is 0 Å². The third kappa shape index (κ3) is 3.83. The summed E-state index contributed by atoms with van der Waals surface area (Å²) in [4.78, 5) is 0. The summed E-state index contributed by atoms with van der Waals surface area (Å²) in [5.41, 5.74) is -1.67. The summed E-state index contributed by atoms with van der Waals surface area (Å²) in [5.74, 6) is 0.406. The molecule has 142 valence electrons. The van der Waals surface area contributed by atoms with Gasteiger partial charge in [0.25, 0.3) is 0 Å². The second-order valence-electron chi connectivity index (χ2n) is 5.96. The lowest BCUT2D eigenvalue weighted by Crippen LogP contribution is -2.50. The largest absolute Gasteiger partial charge is 0.477 e. The van der Waals surface area contributed by atoms with Crippen molar-refractivity contribution in [2.24, 2.45) is 7.05 Å². The highest BCUT2D eigenvalue weighted by Gasteiger charge is 2.39. The third-order valence-corrected chi connectivity index (χ3v) is 5.19. The fourth-order valence-corrected chi connectivity index (χ4v) is 3.78. The van der Waals surface area contributed by atoms with E-state index in [1.165, 1.54) is 37.5 Å². The number of hydrogen-bond acceptors (Lipinski definition) is 6. The predicted octanol–water partition coefficient (Wildman–Crippen LogP) is 1.64. The van der Waals surface area contributed by atoms with Crippen LogP contribution >= 0.6 is 11.8 Å². The quantitative estimate of drug-likeness (QED) is 0.739. The van der Waals surface area contributed by atoms with E-state index in [1.54, 1.807) is 0 Å². The monoisotopic (exact) mass is 390 g/mol. The van der Waals surface area contributed by atoms with Crippen LogP contribution in [-0.2, 0) is 13.2 Å². The minimum atomic E-state index is -4.59. The van der Waals surface area contributed by atoms with Crippen molar-refractivity contribution in [3.8, 4) is 16.9 Å². The lowest BCUT2D eigenvalue weighted by molar-refractivity contribution is -0.140. The first kappa shape index (κ1) is 19.0. The van der Waals surface area contributed by atoms with Gasteiger partial charge in [-0.1, -0.05) is 12.1 Å². The van der Waals surface area contributed by atoms with Crippen LogP contribution in [-0.4, -0.2) is 54.6 Å². The lowest BCUT2D eigenvalue weighted by atomic mass is 10.1. The van der Waals surface area contributed by atoms with Gasteiger partial charge in [-0.15, -0.1) is 11.8 Å². The van der Waals surface area contributed by atoms with Crippen LogP contribution in [0.4, 0.5) is 13.2 Å². The van der Waals surface area contributed by atoms with Gasteiger partial charge in [-0.25, -0.2) is 0 Å². The van der Waals surface area contributed by atoms with Crippen molar-refractivity contribution in [2.45, 2.75) is 29.9 Å². The van der Waals surface area contributed by atoms with Gasteiger partial charge >= 0.3 is 6.18 Å². The molecule has 1 aromatic heterocycles. The van der Waals surface area contributed by atoms with Gasteiger partial charge in [0.05, 0.1) is 6.10 Å². The Morgan fingerprint density at radius 2 is 1.96 bits per heavy atom. The van der Waals surface area contributed by atoms with Crippen molar-refractivity contribution in [2.75, 3.05) is 5.75 Å². The first-order valence-corrected chi connectivity index (χ1v) is 8.75. The molecule has 10 heteroatoms. The molecule has 0 radical (unpaired) electrons. The number of nitrogens with zero attached hydrogens (tertiary/aromatic N) is 2. The summed E-state index contributed by atoms with van der Waals surface area (Å²) in [6.45, 7) is 0. The Labute approximate surface area is 151 Å². The maximum atomic E-state index is 13.2. The minimum absolute atomic E-state index is 0.0854. The number of benzene rings is 1. The molecule has 1 aliphatic rings. The van der Waals surface area contributed by atoms with Gasteiger partial charge in [0.15, 0.2) is 11.1 Å². The van der Waals surface area contributed by atoms with E-state index in [-0.39, 0.29) is 22.6 Å². The highest BCUT2D eigenvalue weighted by molar-refractivity contribution is 7.99. The number of hydrogen-bond donors (Lipinski definition) is 3. The number of aryl methyl sites for hydroxylation is 1. The molecule has 0 amide bonds. The molecular weight excluding hydrogens is 373 g/mol. The maximum absolute atomic E-state index is 13.2. The molecule has 1 fully saturated rings. The molecule has 4 atom stereocenters. The third-order valence-electron chi connectivity index (χ3n) is 3.95. The number of aliphatic hydroxyl groups is 3. The Kier molecular flexibility index (Phi) is 5.20. The van der Waals surface area contributed by atoms with E-state index < -0.39 is 35.6 Å². The van der Waals surface area contributed by atoms with Gasteiger partial charge in [-0.2, -0.15) is 18.3 Å². The van der Waals surface area contributed by atoms with E-state index in [1.807, 2.05) is 0 Å². The zero-order valence-electron chi connectivity index (χ0n) is 13.6. The predicted molar refractivity (Wildman–Crippen MR) is 88.5 cm³/mol. The van der Waals surface area contributed by atoms with Crippen molar-refractivity contribution in [3.63, 3.8) is 0 Å². The fraction of sp³-hybridized carbons (Fsp3) is 0.438. The van der Waals surface area contributed by atoms with Crippen molar-refractivity contribution in [3.05, 3.63) is 36.2 Å². The van der Waals surface area contributed by atoms with Crippen LogP contribution in [0.3, 0.4) is 0 Å². The highest BCUT2D eigenvalue weighted by Crippen LogP contribution is 2.37. The molecule has 2 aromatic rings. The van der Waals surface area contributed by atoms with Crippen LogP contribution in [0.2, 0.25) is 0 Å². The van der Waals surface area contributed by atoms with E-state index in [4.69, 9.17) is 4.74 Å². The molecule has 0 aliphatic carbocycles. The summed E-state index contributed by atoms with van der Waals surface area (Å²) >= 11 is 1.11. The zero-order chi connectivity index (χ0) is 19.1. The van der Waals surface area contributed by atoms with Crippen LogP contribution in [0.15, 0.2) is 30.5 Å². The molecule has 1 aromatic carbocycles. The Balaban J connectivity index is 1.86. The van der Waals surface area contributed by atoms with Gasteiger partial charge in [-0.3, -0.25) is 4.68 Å². The second-order valence-corrected chi connectivity index (χ2v) is 7.09. The van der Waals surface area contributed by atoms with E-state index >= 15 is 0 Å². The topological polar surface area (TPSA) is 87.7 Å². The Bertz CT molecular complexity index is 783. The second kappa shape index (κ2) is 7.10. The molecule has 3 rings (SSSR count). The van der Waals surface area contributed by atoms with Gasteiger partial charge in [0.1, 0.15) is 18.0 Å². The molecule has 1 aliphatic heterocycles. The van der Waals surface area contributed by atoms with Gasteiger partial charge in [-0.05, 0) is 17.7 Å². The molecule has 0 saturated carbocycles. The number of aliphatic hydroxyl groups excluding tert-OH is 3. The average molecular weight is 390 g/mol. The van der Waals surface area contributed by atoms with Crippen molar-refractivity contribution in [1.29, 1.82) is 0 Å². The summed E-state index contributed by atoms with van der Waals surface area (Å²) in [6.07, 6.45) is -7.06. The summed E-state index contributed by atoms with van der Waals surface area (Å²) < 4.78 is 46.2. The van der Waals surface area contributed by atoms with Crippen LogP contribution in [0.25, 0.3) is 11.1 Å². The number of halogens is 3. The van der Waals surface area contributed by atoms with Gasteiger partial charge in [0, 0.05) is 24.6 Å². The molecular formula is C16H17F3N2O4S. The highest BCUT2D eigenvalue weighted by atomic mass is 32.2. The van der Waals surface area contributed by atoms with E-state index in [9.17, 15) is 28.5 Å².